The van der Waals surface area contributed by atoms with Crippen LogP contribution in [-0.4, -0.2) is 20.6 Å². The fraction of sp³-hybridized carbons (Fsp3) is 0.364. The van der Waals surface area contributed by atoms with Crippen LogP contribution >= 0.6 is 0 Å². The molecule has 0 saturated heterocycles. The van der Waals surface area contributed by atoms with Gasteiger partial charge in [0.1, 0.15) is 6.61 Å². The Hall–Kier alpha value is -1.35. The summed E-state index contributed by atoms with van der Waals surface area (Å²) >= 11 is 0. The minimum absolute atomic E-state index is 0.365. The number of nitrogens with one attached hydrogen (secondary N) is 1. The van der Waals surface area contributed by atoms with Crippen LogP contribution in [0.4, 0.5) is 0 Å². The van der Waals surface area contributed by atoms with E-state index in [0.717, 1.165) is 5.56 Å². The lowest BCUT2D eigenvalue weighted by Crippen LogP contribution is -1.89. The van der Waals surface area contributed by atoms with Gasteiger partial charge in [0.15, 0.2) is 0 Å². The molecule has 1 aromatic carbocycles. The molecule has 3 heteroatoms. The number of hydrogen-bond donors (Lipinski definition) is 1. The van der Waals surface area contributed by atoms with Gasteiger partial charge in [-0.05, 0) is 26.6 Å². The van der Waals surface area contributed by atoms with Gasteiger partial charge in [-0.25, -0.2) is 0 Å². The van der Waals surface area contributed by atoms with E-state index in [9.17, 15) is 4.79 Å². The van der Waals surface area contributed by atoms with Gasteiger partial charge in [-0.1, -0.05) is 29.8 Å². The quantitative estimate of drug-likeness (QED) is 0.743. The van der Waals surface area contributed by atoms with E-state index in [1.165, 1.54) is 5.56 Å². The molecule has 0 unspecified atom stereocenters. The van der Waals surface area contributed by atoms with Crippen LogP contribution in [0.15, 0.2) is 24.3 Å². The van der Waals surface area contributed by atoms with E-state index in [4.69, 9.17) is 0 Å². The second-order valence-electron chi connectivity index (χ2n) is 2.89. The largest absolute Gasteiger partial charge is 0.463 e. The van der Waals surface area contributed by atoms with Crippen LogP contribution in [0.1, 0.15) is 11.1 Å². The first-order valence-electron chi connectivity index (χ1n) is 4.44. The molecular weight excluding hydrogens is 178 g/mol. The van der Waals surface area contributed by atoms with Crippen molar-refractivity contribution in [3.8, 4) is 0 Å². The second kappa shape index (κ2) is 8.26. The molecule has 0 amide bonds. The number of carbonyl (C=O) groups excluding carboxylic acids is 1. The van der Waals surface area contributed by atoms with E-state index in [1.54, 1.807) is 0 Å². The first-order valence-corrected chi connectivity index (χ1v) is 4.44. The predicted molar refractivity (Wildman–Crippen MR) is 57.0 cm³/mol. The Morgan fingerprint density at radius 3 is 2.21 bits per heavy atom. The van der Waals surface area contributed by atoms with E-state index >= 15 is 0 Å². The molecule has 3 nitrogen and oxygen atoms in total. The van der Waals surface area contributed by atoms with Crippen LogP contribution in [0.5, 0.6) is 0 Å². The summed E-state index contributed by atoms with van der Waals surface area (Å²) < 4.78 is 4.58. The molecule has 0 saturated carbocycles. The van der Waals surface area contributed by atoms with Crippen LogP contribution in [-0.2, 0) is 16.1 Å². The minimum atomic E-state index is 0.365. The lowest BCUT2D eigenvalue weighted by Gasteiger charge is -1.98. The number of hydrogen-bond acceptors (Lipinski definition) is 3. The Bertz CT molecular complexity index is 244. The molecule has 0 heterocycles. The SMILES string of the molecule is CNC.Cc1ccc(COC=O)cc1. The highest BCUT2D eigenvalue weighted by molar-refractivity contribution is 5.37. The molecular formula is C11H17NO2. The Balaban J connectivity index is 0.000000500. The maximum atomic E-state index is 9.82. The van der Waals surface area contributed by atoms with E-state index in [1.807, 2.05) is 45.3 Å². The standard InChI is InChI=1S/C9H10O2.C2H7N/c1-8-2-4-9(5-3-8)6-11-7-10;1-3-2/h2-5,7H,6H2,1H3;3H,1-2H3. The van der Waals surface area contributed by atoms with Gasteiger partial charge in [0.2, 0.25) is 0 Å². The molecule has 78 valence electrons. The van der Waals surface area contributed by atoms with Crippen molar-refractivity contribution in [3.05, 3.63) is 35.4 Å². The molecule has 0 aromatic heterocycles. The van der Waals surface area contributed by atoms with Crippen molar-refractivity contribution >= 4 is 6.47 Å². The third-order valence-corrected chi connectivity index (χ3v) is 1.44. The van der Waals surface area contributed by atoms with Crippen molar-refractivity contribution in [2.75, 3.05) is 14.1 Å². The fourth-order valence-electron chi connectivity index (χ4n) is 0.815. The molecule has 14 heavy (non-hydrogen) atoms. The maximum absolute atomic E-state index is 9.82. The van der Waals surface area contributed by atoms with Crippen LogP contribution in [0, 0.1) is 6.92 Å². The summed E-state index contributed by atoms with van der Waals surface area (Å²) in [6.07, 6.45) is 0. The summed E-state index contributed by atoms with van der Waals surface area (Å²) in [5.74, 6) is 0. The predicted octanol–water partition coefficient (Wildman–Crippen LogP) is 1.50. The molecule has 1 N–H and O–H groups in total. The summed E-state index contributed by atoms with van der Waals surface area (Å²) in [4.78, 5) is 9.82. The number of aryl methyl sites for hydroxylation is 1. The van der Waals surface area contributed by atoms with E-state index in [0.29, 0.717) is 13.1 Å². The second-order valence-corrected chi connectivity index (χ2v) is 2.89. The van der Waals surface area contributed by atoms with Gasteiger partial charge in [0.25, 0.3) is 6.47 Å². The molecule has 0 spiro atoms. The highest BCUT2D eigenvalue weighted by Crippen LogP contribution is 2.03. The zero-order chi connectivity index (χ0) is 10.8. The van der Waals surface area contributed by atoms with Gasteiger partial charge < -0.3 is 10.1 Å². The molecule has 0 atom stereocenters. The van der Waals surface area contributed by atoms with Gasteiger partial charge in [0, 0.05) is 0 Å². The topological polar surface area (TPSA) is 38.3 Å². The highest BCUT2D eigenvalue weighted by Gasteiger charge is 1.90. The number of benzene rings is 1. The van der Waals surface area contributed by atoms with Crippen molar-refractivity contribution in [3.63, 3.8) is 0 Å². The summed E-state index contributed by atoms with van der Waals surface area (Å²) in [7, 11) is 3.75. The van der Waals surface area contributed by atoms with Crippen molar-refractivity contribution < 1.29 is 9.53 Å². The third-order valence-electron chi connectivity index (χ3n) is 1.44. The summed E-state index contributed by atoms with van der Waals surface area (Å²) in [6, 6.07) is 7.87. The number of ether oxygens (including phenoxy) is 1. The number of carbonyl (C=O) groups is 1. The molecule has 0 bridgehead atoms. The molecule has 1 aromatic rings. The number of rotatable bonds is 3. The van der Waals surface area contributed by atoms with E-state index < -0.39 is 0 Å². The maximum Gasteiger partial charge on any atom is 0.293 e. The van der Waals surface area contributed by atoms with Crippen molar-refractivity contribution in [2.45, 2.75) is 13.5 Å². The zero-order valence-electron chi connectivity index (χ0n) is 8.91. The smallest absolute Gasteiger partial charge is 0.293 e. The Labute approximate surface area is 85.1 Å². The Kier molecular flexibility index (Phi) is 7.46. The van der Waals surface area contributed by atoms with Gasteiger partial charge in [-0.3, -0.25) is 4.79 Å². The van der Waals surface area contributed by atoms with E-state index in [-0.39, 0.29) is 0 Å². The van der Waals surface area contributed by atoms with Crippen molar-refractivity contribution in [1.82, 2.24) is 5.32 Å². The van der Waals surface area contributed by atoms with Crippen molar-refractivity contribution in [1.29, 1.82) is 0 Å². The highest BCUT2D eigenvalue weighted by atomic mass is 16.5. The van der Waals surface area contributed by atoms with Crippen molar-refractivity contribution in [2.24, 2.45) is 0 Å². The minimum Gasteiger partial charge on any atom is -0.463 e. The molecule has 0 aliphatic rings. The Morgan fingerprint density at radius 1 is 1.29 bits per heavy atom. The van der Waals surface area contributed by atoms with E-state index in [2.05, 4.69) is 10.1 Å². The van der Waals surface area contributed by atoms with Gasteiger partial charge in [-0.15, -0.1) is 0 Å². The molecule has 0 fully saturated rings. The first-order chi connectivity index (χ1) is 6.74. The average Bonchev–Trinajstić information content (AvgIpc) is 2.18. The first kappa shape index (κ1) is 12.7. The van der Waals surface area contributed by atoms with Gasteiger partial charge >= 0.3 is 0 Å². The average molecular weight is 195 g/mol. The molecule has 0 aliphatic heterocycles. The normalized spacial score (nSPS) is 8.50. The van der Waals surface area contributed by atoms with Crippen LogP contribution in [0.2, 0.25) is 0 Å². The summed E-state index contributed by atoms with van der Waals surface area (Å²) in [6.45, 7) is 2.84. The molecule has 0 aliphatic carbocycles. The zero-order valence-corrected chi connectivity index (χ0v) is 8.91. The Morgan fingerprint density at radius 2 is 1.79 bits per heavy atom. The molecule has 1 rings (SSSR count). The summed E-state index contributed by atoms with van der Waals surface area (Å²) in [5, 5.41) is 2.75. The van der Waals surface area contributed by atoms with Crippen LogP contribution in [0.3, 0.4) is 0 Å². The van der Waals surface area contributed by atoms with Gasteiger partial charge in [0.05, 0.1) is 0 Å². The lowest BCUT2D eigenvalue weighted by atomic mass is 10.2. The van der Waals surface area contributed by atoms with Gasteiger partial charge in [-0.2, -0.15) is 0 Å². The molecule has 0 radical (unpaired) electrons. The lowest BCUT2D eigenvalue weighted by molar-refractivity contribution is -0.129. The third kappa shape index (κ3) is 6.20. The van der Waals surface area contributed by atoms with Crippen LogP contribution < -0.4 is 5.32 Å². The fourth-order valence-corrected chi connectivity index (χ4v) is 0.815. The summed E-state index contributed by atoms with van der Waals surface area (Å²) in [5.41, 5.74) is 2.22. The van der Waals surface area contributed by atoms with Crippen LogP contribution in [0.25, 0.3) is 0 Å². The monoisotopic (exact) mass is 195 g/mol.